The molecule has 0 amide bonds. The highest BCUT2D eigenvalue weighted by Gasteiger charge is 2.32. The van der Waals surface area contributed by atoms with Gasteiger partial charge in [-0.3, -0.25) is 5.10 Å². The zero-order valence-electron chi connectivity index (χ0n) is 16.3. The number of halogens is 3. The van der Waals surface area contributed by atoms with Crippen molar-refractivity contribution in [3.63, 3.8) is 0 Å². The van der Waals surface area contributed by atoms with Crippen molar-refractivity contribution in [3.05, 3.63) is 35.5 Å². The van der Waals surface area contributed by atoms with Gasteiger partial charge in [0.2, 0.25) is 0 Å². The van der Waals surface area contributed by atoms with Crippen LogP contribution in [0.4, 0.5) is 13.2 Å². The number of aliphatic hydroxyl groups excluding tert-OH is 1. The maximum absolute atomic E-state index is 13.4. The SMILES string of the molecule is CCC(CO)Oc1cc(-c2n[nH]cc2CN(C)CCNC)cc(C(F)(F)F)c1. The summed E-state index contributed by atoms with van der Waals surface area (Å²) >= 11 is 0. The summed E-state index contributed by atoms with van der Waals surface area (Å²) < 4.78 is 45.7. The van der Waals surface area contributed by atoms with Gasteiger partial charge in [-0.25, -0.2) is 0 Å². The molecule has 2 aromatic rings. The molecule has 0 aliphatic heterocycles. The average Bonchev–Trinajstić information content (AvgIpc) is 3.11. The second-order valence-electron chi connectivity index (χ2n) is 6.67. The second kappa shape index (κ2) is 9.90. The molecule has 1 unspecified atom stereocenters. The molecule has 3 N–H and O–H groups in total. The minimum atomic E-state index is -4.52. The number of rotatable bonds is 10. The molecule has 0 saturated carbocycles. The molecule has 9 heteroatoms. The first-order chi connectivity index (χ1) is 13.3. The van der Waals surface area contributed by atoms with Crippen molar-refractivity contribution in [2.24, 2.45) is 0 Å². The number of alkyl halides is 3. The van der Waals surface area contributed by atoms with Crippen molar-refractivity contribution in [1.82, 2.24) is 20.4 Å². The second-order valence-corrected chi connectivity index (χ2v) is 6.67. The van der Waals surface area contributed by atoms with E-state index in [2.05, 4.69) is 20.4 Å². The number of aromatic nitrogens is 2. The van der Waals surface area contributed by atoms with Gasteiger partial charge < -0.3 is 20.1 Å². The molecule has 6 nitrogen and oxygen atoms in total. The molecule has 1 heterocycles. The van der Waals surface area contributed by atoms with Gasteiger partial charge in [0.05, 0.1) is 17.9 Å². The summed E-state index contributed by atoms with van der Waals surface area (Å²) in [4.78, 5) is 2.05. The average molecular weight is 400 g/mol. The van der Waals surface area contributed by atoms with E-state index < -0.39 is 17.8 Å². The first kappa shape index (κ1) is 22.2. The third-order valence-corrected chi connectivity index (χ3v) is 4.37. The van der Waals surface area contributed by atoms with Gasteiger partial charge in [0.25, 0.3) is 0 Å². The fourth-order valence-corrected chi connectivity index (χ4v) is 2.77. The first-order valence-corrected chi connectivity index (χ1v) is 9.14. The van der Waals surface area contributed by atoms with E-state index in [1.54, 1.807) is 13.1 Å². The van der Waals surface area contributed by atoms with E-state index in [0.29, 0.717) is 24.2 Å². The van der Waals surface area contributed by atoms with Crippen molar-refractivity contribution in [2.45, 2.75) is 32.2 Å². The Balaban J connectivity index is 2.38. The van der Waals surface area contributed by atoms with Crippen LogP contribution < -0.4 is 10.1 Å². The Morgan fingerprint density at radius 3 is 2.68 bits per heavy atom. The molecular weight excluding hydrogens is 373 g/mol. The van der Waals surface area contributed by atoms with E-state index in [4.69, 9.17) is 4.74 Å². The molecule has 1 aromatic carbocycles. The Morgan fingerprint density at radius 2 is 2.07 bits per heavy atom. The number of nitrogens with zero attached hydrogens (tertiary/aromatic N) is 2. The topological polar surface area (TPSA) is 73.4 Å². The predicted octanol–water partition coefficient (Wildman–Crippen LogP) is 2.90. The number of hydrogen-bond donors (Lipinski definition) is 3. The van der Waals surface area contributed by atoms with Crippen molar-refractivity contribution in [3.8, 4) is 17.0 Å². The smallest absolute Gasteiger partial charge is 0.416 e. The van der Waals surface area contributed by atoms with Gasteiger partial charge in [0.15, 0.2) is 0 Å². The normalized spacial score (nSPS) is 13.1. The van der Waals surface area contributed by atoms with Crippen LogP contribution in [0.1, 0.15) is 24.5 Å². The van der Waals surface area contributed by atoms with Gasteiger partial charge in [-0.2, -0.15) is 18.3 Å². The molecule has 0 spiro atoms. The van der Waals surface area contributed by atoms with Crippen LogP contribution in [0.3, 0.4) is 0 Å². The number of H-pyrrole nitrogens is 1. The summed E-state index contributed by atoms with van der Waals surface area (Å²) in [5.41, 5.74) is 0.739. The van der Waals surface area contributed by atoms with Crippen LogP contribution in [0.2, 0.25) is 0 Å². The van der Waals surface area contributed by atoms with Crippen LogP contribution in [0.15, 0.2) is 24.4 Å². The van der Waals surface area contributed by atoms with Gasteiger partial charge in [0.1, 0.15) is 11.9 Å². The number of aromatic amines is 1. The van der Waals surface area contributed by atoms with E-state index >= 15 is 0 Å². The lowest BCUT2D eigenvalue weighted by Crippen LogP contribution is -2.27. The monoisotopic (exact) mass is 400 g/mol. The molecule has 0 fully saturated rings. The molecule has 0 radical (unpaired) electrons. The molecule has 1 atom stereocenters. The van der Waals surface area contributed by atoms with Crippen LogP contribution in [-0.4, -0.2) is 60.1 Å². The minimum absolute atomic E-state index is 0.0585. The van der Waals surface area contributed by atoms with Crippen LogP contribution in [0.5, 0.6) is 5.75 Å². The van der Waals surface area contributed by atoms with E-state index in [1.807, 2.05) is 14.1 Å². The maximum Gasteiger partial charge on any atom is 0.416 e. The lowest BCUT2D eigenvalue weighted by Gasteiger charge is -2.19. The van der Waals surface area contributed by atoms with E-state index in [9.17, 15) is 18.3 Å². The maximum atomic E-state index is 13.4. The van der Waals surface area contributed by atoms with Gasteiger partial charge in [-0.15, -0.1) is 0 Å². The molecule has 1 aromatic heterocycles. The van der Waals surface area contributed by atoms with Crippen molar-refractivity contribution in [1.29, 1.82) is 0 Å². The number of aliphatic hydroxyl groups is 1. The Labute approximate surface area is 162 Å². The number of benzene rings is 1. The van der Waals surface area contributed by atoms with Crippen LogP contribution in [0, 0.1) is 0 Å². The number of hydrogen-bond acceptors (Lipinski definition) is 5. The zero-order chi connectivity index (χ0) is 20.7. The van der Waals surface area contributed by atoms with Gasteiger partial charge in [-0.1, -0.05) is 6.92 Å². The minimum Gasteiger partial charge on any atom is -0.488 e. The van der Waals surface area contributed by atoms with Crippen molar-refractivity contribution < 1.29 is 23.0 Å². The molecule has 0 aliphatic carbocycles. The van der Waals surface area contributed by atoms with E-state index in [-0.39, 0.29) is 12.4 Å². The summed E-state index contributed by atoms with van der Waals surface area (Å²) in [5, 5.41) is 19.3. The Hall–Kier alpha value is -2.10. The van der Waals surface area contributed by atoms with Crippen LogP contribution >= 0.6 is 0 Å². The van der Waals surface area contributed by atoms with Crippen molar-refractivity contribution >= 4 is 0 Å². The zero-order valence-corrected chi connectivity index (χ0v) is 16.3. The molecule has 0 aliphatic rings. The van der Waals surface area contributed by atoms with E-state index in [1.165, 1.54) is 6.07 Å². The Kier molecular flexibility index (Phi) is 7.85. The Bertz CT molecular complexity index is 745. The lowest BCUT2D eigenvalue weighted by atomic mass is 10.0. The highest BCUT2D eigenvalue weighted by Crippen LogP contribution is 2.36. The Morgan fingerprint density at radius 1 is 1.32 bits per heavy atom. The molecule has 2 rings (SSSR count). The molecule has 0 saturated heterocycles. The molecule has 28 heavy (non-hydrogen) atoms. The highest BCUT2D eigenvalue weighted by molar-refractivity contribution is 5.66. The quantitative estimate of drug-likeness (QED) is 0.572. The van der Waals surface area contributed by atoms with Crippen molar-refractivity contribution in [2.75, 3.05) is 33.8 Å². The van der Waals surface area contributed by atoms with Crippen LogP contribution in [-0.2, 0) is 12.7 Å². The largest absolute Gasteiger partial charge is 0.488 e. The molecule has 0 bridgehead atoms. The first-order valence-electron chi connectivity index (χ1n) is 9.14. The van der Waals surface area contributed by atoms with Gasteiger partial charge in [0, 0.05) is 37.0 Å². The molecular formula is C19H27F3N4O2. The van der Waals surface area contributed by atoms with E-state index in [0.717, 1.165) is 30.8 Å². The lowest BCUT2D eigenvalue weighted by molar-refractivity contribution is -0.137. The summed E-state index contributed by atoms with van der Waals surface area (Å²) in [6.45, 7) is 3.64. The van der Waals surface area contributed by atoms with Gasteiger partial charge in [-0.05, 0) is 38.7 Å². The summed E-state index contributed by atoms with van der Waals surface area (Å²) in [7, 11) is 3.79. The number of ether oxygens (including phenoxy) is 1. The summed E-state index contributed by atoms with van der Waals surface area (Å²) in [6.07, 6.45) is -2.92. The third-order valence-electron chi connectivity index (χ3n) is 4.37. The fourth-order valence-electron chi connectivity index (χ4n) is 2.77. The number of nitrogens with one attached hydrogen (secondary N) is 2. The summed E-state index contributed by atoms with van der Waals surface area (Å²) in [5.74, 6) is 0.0585. The standard InChI is InChI=1S/C19H27F3N4O2/c1-4-16(12-27)28-17-8-13(7-15(9-17)19(20,21)22)18-14(10-24-25-18)11-26(3)6-5-23-2/h7-10,16,23,27H,4-6,11-12H2,1-3H3,(H,24,25). The fraction of sp³-hybridized carbons (Fsp3) is 0.526. The highest BCUT2D eigenvalue weighted by atomic mass is 19.4. The predicted molar refractivity (Wildman–Crippen MR) is 101 cm³/mol. The van der Waals surface area contributed by atoms with Gasteiger partial charge >= 0.3 is 6.18 Å². The summed E-state index contributed by atoms with van der Waals surface area (Å²) in [6, 6.07) is 3.55. The third kappa shape index (κ3) is 5.95. The van der Waals surface area contributed by atoms with Crippen LogP contribution in [0.25, 0.3) is 11.3 Å². The molecule has 156 valence electrons. The number of likely N-dealkylation sites (N-methyl/N-ethyl adjacent to an activating group) is 2.